The van der Waals surface area contributed by atoms with Gasteiger partial charge in [0.25, 0.3) is 5.91 Å². The Morgan fingerprint density at radius 1 is 1.47 bits per heavy atom. The van der Waals surface area contributed by atoms with Gasteiger partial charge in [0.1, 0.15) is 0 Å². The lowest BCUT2D eigenvalue weighted by Crippen LogP contribution is -2.29. The van der Waals surface area contributed by atoms with E-state index in [0.29, 0.717) is 28.4 Å². The van der Waals surface area contributed by atoms with E-state index in [1.165, 1.54) is 6.42 Å². The van der Waals surface area contributed by atoms with Crippen molar-refractivity contribution in [3.8, 4) is 0 Å². The van der Waals surface area contributed by atoms with Gasteiger partial charge in [-0.05, 0) is 53.7 Å². The largest absolute Gasteiger partial charge is 0.398 e. The van der Waals surface area contributed by atoms with Crippen molar-refractivity contribution in [3.63, 3.8) is 0 Å². The Balaban J connectivity index is 1.82. The Kier molecular flexibility index (Phi) is 5.22. The molecule has 1 aromatic rings. The number of halogens is 1. The maximum absolute atomic E-state index is 12.0. The van der Waals surface area contributed by atoms with Crippen LogP contribution in [0, 0.1) is 0 Å². The van der Waals surface area contributed by atoms with Crippen LogP contribution in [0.15, 0.2) is 22.7 Å². The highest BCUT2D eigenvalue weighted by Gasteiger charge is 2.15. The quantitative estimate of drug-likeness (QED) is 0.836. The maximum Gasteiger partial charge on any atom is 0.252 e. The number of hydrogen-bond acceptors (Lipinski definition) is 3. The van der Waals surface area contributed by atoms with Crippen LogP contribution in [-0.4, -0.2) is 25.2 Å². The van der Waals surface area contributed by atoms with Crippen molar-refractivity contribution in [2.45, 2.75) is 31.8 Å². The van der Waals surface area contributed by atoms with Gasteiger partial charge < -0.3 is 15.8 Å². The van der Waals surface area contributed by atoms with Crippen LogP contribution in [0.2, 0.25) is 0 Å². The molecular formula is C14H19BrN2O2. The molecule has 0 saturated carbocycles. The smallest absolute Gasteiger partial charge is 0.252 e. The maximum atomic E-state index is 12.0. The van der Waals surface area contributed by atoms with E-state index in [9.17, 15) is 4.79 Å². The van der Waals surface area contributed by atoms with E-state index in [2.05, 4.69) is 21.2 Å². The molecular weight excluding hydrogens is 308 g/mol. The third-order valence-corrected chi connectivity index (χ3v) is 4.18. The van der Waals surface area contributed by atoms with E-state index < -0.39 is 0 Å². The number of carbonyl (C=O) groups is 1. The predicted molar refractivity (Wildman–Crippen MR) is 79.1 cm³/mol. The topological polar surface area (TPSA) is 64.4 Å². The van der Waals surface area contributed by atoms with Crippen LogP contribution in [0.5, 0.6) is 0 Å². The van der Waals surface area contributed by atoms with Gasteiger partial charge in [-0.1, -0.05) is 6.07 Å². The summed E-state index contributed by atoms with van der Waals surface area (Å²) in [5.74, 6) is -0.102. The standard InChI is InChI=1S/C14H19BrN2O2/c15-13-11(5-3-6-12(13)16)14(18)17-8-7-10-4-1-2-9-19-10/h3,5-6,10H,1-2,4,7-9,16H2,(H,17,18). The average molecular weight is 327 g/mol. The average Bonchev–Trinajstić information content (AvgIpc) is 2.43. The van der Waals surface area contributed by atoms with Crippen molar-refractivity contribution in [2.24, 2.45) is 0 Å². The van der Waals surface area contributed by atoms with E-state index in [1.807, 2.05) is 0 Å². The number of benzene rings is 1. The zero-order valence-corrected chi connectivity index (χ0v) is 12.4. The minimum atomic E-state index is -0.102. The number of carbonyl (C=O) groups excluding carboxylic acids is 1. The SMILES string of the molecule is Nc1cccc(C(=O)NCCC2CCCCO2)c1Br. The molecule has 1 aliphatic rings. The van der Waals surface area contributed by atoms with Crippen LogP contribution in [0.4, 0.5) is 5.69 Å². The fraction of sp³-hybridized carbons (Fsp3) is 0.500. The third-order valence-electron chi connectivity index (χ3n) is 3.30. The third kappa shape index (κ3) is 3.94. The van der Waals surface area contributed by atoms with Gasteiger partial charge >= 0.3 is 0 Å². The molecule has 1 atom stereocenters. The van der Waals surface area contributed by atoms with E-state index in [-0.39, 0.29) is 5.91 Å². The van der Waals surface area contributed by atoms with Crippen molar-refractivity contribution >= 4 is 27.5 Å². The van der Waals surface area contributed by atoms with E-state index in [1.54, 1.807) is 18.2 Å². The molecule has 3 N–H and O–H groups in total. The highest BCUT2D eigenvalue weighted by atomic mass is 79.9. The Hall–Kier alpha value is -1.07. The molecule has 1 saturated heterocycles. The van der Waals surface area contributed by atoms with Crippen LogP contribution in [0.25, 0.3) is 0 Å². The van der Waals surface area contributed by atoms with Gasteiger partial charge in [0.2, 0.25) is 0 Å². The van der Waals surface area contributed by atoms with Gasteiger partial charge in [-0.25, -0.2) is 0 Å². The van der Waals surface area contributed by atoms with E-state index in [0.717, 1.165) is 25.9 Å². The summed E-state index contributed by atoms with van der Waals surface area (Å²) in [7, 11) is 0. The summed E-state index contributed by atoms with van der Waals surface area (Å²) in [4.78, 5) is 12.0. The summed E-state index contributed by atoms with van der Waals surface area (Å²) >= 11 is 3.34. The van der Waals surface area contributed by atoms with Gasteiger partial charge in [0, 0.05) is 18.8 Å². The Bertz CT molecular complexity index is 445. The van der Waals surface area contributed by atoms with Gasteiger partial charge in [0.15, 0.2) is 0 Å². The predicted octanol–water partition coefficient (Wildman–Crippen LogP) is 2.72. The number of nitrogen functional groups attached to an aromatic ring is 1. The molecule has 0 radical (unpaired) electrons. The highest BCUT2D eigenvalue weighted by molar-refractivity contribution is 9.10. The zero-order chi connectivity index (χ0) is 13.7. The minimum absolute atomic E-state index is 0.102. The van der Waals surface area contributed by atoms with Gasteiger partial charge in [-0.3, -0.25) is 4.79 Å². The first kappa shape index (κ1) is 14.3. The van der Waals surface area contributed by atoms with Crippen LogP contribution in [0.1, 0.15) is 36.0 Å². The first-order valence-corrected chi connectivity index (χ1v) is 7.41. The second-order valence-corrected chi connectivity index (χ2v) is 5.53. The minimum Gasteiger partial charge on any atom is -0.398 e. The van der Waals surface area contributed by atoms with Gasteiger partial charge in [-0.15, -0.1) is 0 Å². The Morgan fingerprint density at radius 3 is 3.05 bits per heavy atom. The molecule has 1 fully saturated rings. The fourth-order valence-corrected chi connectivity index (χ4v) is 2.65. The first-order chi connectivity index (χ1) is 9.18. The summed E-state index contributed by atoms with van der Waals surface area (Å²) in [5, 5.41) is 2.91. The van der Waals surface area contributed by atoms with Gasteiger partial charge in [-0.2, -0.15) is 0 Å². The van der Waals surface area contributed by atoms with E-state index >= 15 is 0 Å². The molecule has 1 amide bonds. The first-order valence-electron chi connectivity index (χ1n) is 6.62. The van der Waals surface area contributed by atoms with Crippen molar-refractivity contribution in [3.05, 3.63) is 28.2 Å². The normalized spacial score (nSPS) is 19.1. The van der Waals surface area contributed by atoms with Crippen molar-refractivity contribution < 1.29 is 9.53 Å². The molecule has 0 spiro atoms. The van der Waals surface area contributed by atoms with Crippen molar-refractivity contribution in [1.82, 2.24) is 5.32 Å². The summed E-state index contributed by atoms with van der Waals surface area (Å²) in [6.07, 6.45) is 4.63. The molecule has 1 heterocycles. The molecule has 4 nitrogen and oxygen atoms in total. The van der Waals surface area contributed by atoms with E-state index in [4.69, 9.17) is 10.5 Å². The Labute approximate surface area is 121 Å². The molecule has 0 aliphatic carbocycles. The van der Waals surface area contributed by atoms with Crippen molar-refractivity contribution in [1.29, 1.82) is 0 Å². The number of hydrogen-bond donors (Lipinski definition) is 2. The fourth-order valence-electron chi connectivity index (χ4n) is 2.20. The number of amides is 1. The molecule has 0 bridgehead atoms. The van der Waals surface area contributed by atoms with Gasteiger partial charge in [0.05, 0.1) is 16.1 Å². The summed E-state index contributed by atoms with van der Waals surface area (Å²) in [6.45, 7) is 1.48. The van der Waals surface area contributed by atoms with Crippen molar-refractivity contribution in [2.75, 3.05) is 18.9 Å². The summed E-state index contributed by atoms with van der Waals surface area (Å²) < 4.78 is 6.28. The second kappa shape index (κ2) is 6.91. The number of nitrogens with one attached hydrogen (secondary N) is 1. The highest BCUT2D eigenvalue weighted by Crippen LogP contribution is 2.23. The number of nitrogens with two attached hydrogens (primary N) is 1. The van der Waals surface area contributed by atoms with Crippen LogP contribution >= 0.6 is 15.9 Å². The number of anilines is 1. The molecule has 19 heavy (non-hydrogen) atoms. The van der Waals surface area contributed by atoms with Crippen LogP contribution in [-0.2, 0) is 4.74 Å². The van der Waals surface area contributed by atoms with Crippen LogP contribution < -0.4 is 11.1 Å². The lowest BCUT2D eigenvalue weighted by molar-refractivity contribution is 0.0117. The lowest BCUT2D eigenvalue weighted by Gasteiger charge is -2.22. The molecule has 104 valence electrons. The Morgan fingerprint density at radius 2 is 2.32 bits per heavy atom. The molecule has 2 rings (SSSR count). The molecule has 0 aromatic heterocycles. The van der Waals surface area contributed by atoms with Crippen LogP contribution in [0.3, 0.4) is 0 Å². The summed E-state index contributed by atoms with van der Waals surface area (Å²) in [5.41, 5.74) is 6.90. The molecule has 1 aliphatic heterocycles. The second-order valence-electron chi connectivity index (χ2n) is 4.74. The number of ether oxygens (including phenoxy) is 1. The summed E-state index contributed by atoms with van der Waals surface area (Å²) in [6, 6.07) is 5.29. The molecule has 5 heteroatoms. The molecule has 1 unspecified atom stereocenters. The molecule has 1 aromatic carbocycles. The lowest BCUT2D eigenvalue weighted by atomic mass is 10.1. The number of rotatable bonds is 4. The zero-order valence-electron chi connectivity index (χ0n) is 10.8. The monoisotopic (exact) mass is 326 g/mol.